The number of carbonyl (C=O) groups is 2. The molecule has 0 unspecified atom stereocenters. The lowest BCUT2D eigenvalue weighted by Crippen LogP contribution is -2.64. The van der Waals surface area contributed by atoms with Gasteiger partial charge in [-0.05, 0) is 61.1 Å². The molecule has 1 aliphatic heterocycles. The van der Waals surface area contributed by atoms with Gasteiger partial charge in [-0.25, -0.2) is 0 Å². The van der Waals surface area contributed by atoms with E-state index in [1.807, 2.05) is 25.1 Å². The Hall–Kier alpha value is -1.11. The van der Waals surface area contributed by atoms with Crippen LogP contribution in [0.4, 0.5) is 5.69 Å². The summed E-state index contributed by atoms with van der Waals surface area (Å²) in [5, 5.41) is 2.71. The number of hydrogen-bond acceptors (Lipinski definition) is 2. The summed E-state index contributed by atoms with van der Waals surface area (Å²) in [6.07, 6.45) is 0. The number of amides is 2. The van der Waals surface area contributed by atoms with Crippen molar-refractivity contribution in [1.29, 1.82) is 0 Å². The number of carbonyl (C=O) groups excluding carboxylic acids is 2. The van der Waals surface area contributed by atoms with E-state index in [2.05, 4.69) is 27.9 Å². The second-order valence-electron chi connectivity index (χ2n) is 4.95. The summed E-state index contributed by atoms with van der Waals surface area (Å²) in [5.41, 5.74) is 0.995. The quantitative estimate of drug-likeness (QED) is 0.779. The minimum atomic E-state index is -0.844. The second kappa shape index (κ2) is 4.53. The summed E-state index contributed by atoms with van der Waals surface area (Å²) in [5.74, 6) is -0.204. The fourth-order valence-electron chi connectivity index (χ4n) is 2.08. The minimum absolute atomic E-state index is 0.0767. The first-order valence-corrected chi connectivity index (χ1v) is 6.79. The van der Waals surface area contributed by atoms with Gasteiger partial charge in [-0.15, -0.1) is 0 Å². The minimum Gasteiger partial charge on any atom is -0.341 e. The molecule has 0 saturated carbocycles. The van der Waals surface area contributed by atoms with Gasteiger partial charge >= 0.3 is 0 Å². The predicted molar refractivity (Wildman–Crippen MR) is 78.5 cm³/mol. The zero-order chi connectivity index (χ0) is 13.5. The number of anilines is 1. The molecular weight excluding hydrogens is 343 g/mol. The molecule has 1 fully saturated rings. The molecule has 96 valence electrons. The largest absolute Gasteiger partial charge is 0.341 e. The van der Waals surface area contributed by atoms with Gasteiger partial charge in [0.2, 0.25) is 5.91 Å². The van der Waals surface area contributed by atoms with E-state index >= 15 is 0 Å². The molecule has 0 bridgehead atoms. The molecule has 1 aromatic carbocycles. The van der Waals surface area contributed by atoms with E-state index < -0.39 is 5.54 Å². The third kappa shape index (κ3) is 2.23. The van der Waals surface area contributed by atoms with Gasteiger partial charge in [-0.2, -0.15) is 0 Å². The average molecular weight is 358 g/mol. The molecule has 0 atom stereocenters. The molecule has 5 heteroatoms. The van der Waals surface area contributed by atoms with Crippen molar-refractivity contribution < 1.29 is 9.59 Å². The summed E-state index contributed by atoms with van der Waals surface area (Å²) in [6.45, 7) is 5.50. The standard InChI is InChI=1S/C13H15IN2O2/c1-8-9(14)5-4-6-10(8)16-7-11(17)15-13(2,3)12(16)18/h4-6H,7H2,1-3H3,(H,15,17). The molecule has 2 rings (SSSR count). The fourth-order valence-corrected chi connectivity index (χ4v) is 2.56. The molecule has 18 heavy (non-hydrogen) atoms. The van der Waals surface area contributed by atoms with Crippen LogP contribution in [0.25, 0.3) is 0 Å². The summed E-state index contributed by atoms with van der Waals surface area (Å²) in [4.78, 5) is 25.6. The Kier molecular flexibility index (Phi) is 3.35. The number of benzene rings is 1. The molecule has 0 spiro atoms. The van der Waals surface area contributed by atoms with Crippen LogP contribution in [0.2, 0.25) is 0 Å². The maximum atomic E-state index is 12.4. The lowest BCUT2D eigenvalue weighted by molar-refractivity contribution is -0.134. The van der Waals surface area contributed by atoms with Gasteiger partial charge < -0.3 is 10.2 Å². The highest BCUT2D eigenvalue weighted by molar-refractivity contribution is 14.1. The van der Waals surface area contributed by atoms with Crippen LogP contribution >= 0.6 is 22.6 Å². The van der Waals surface area contributed by atoms with E-state index in [0.29, 0.717) is 0 Å². The van der Waals surface area contributed by atoms with Crippen LogP contribution in [-0.2, 0) is 9.59 Å². The zero-order valence-electron chi connectivity index (χ0n) is 10.6. The van der Waals surface area contributed by atoms with E-state index in [4.69, 9.17) is 0 Å². The second-order valence-corrected chi connectivity index (χ2v) is 6.11. The fraction of sp³-hybridized carbons (Fsp3) is 0.385. The van der Waals surface area contributed by atoms with Crippen LogP contribution in [0.1, 0.15) is 19.4 Å². The normalized spacial score (nSPS) is 18.8. The summed E-state index contributed by atoms with van der Waals surface area (Å²) in [6, 6.07) is 5.76. The van der Waals surface area contributed by atoms with Crippen LogP contribution in [0.15, 0.2) is 18.2 Å². The highest BCUT2D eigenvalue weighted by Gasteiger charge is 2.40. The lowest BCUT2D eigenvalue weighted by atomic mass is 9.99. The summed E-state index contributed by atoms with van der Waals surface area (Å²) >= 11 is 2.23. The van der Waals surface area contributed by atoms with Crippen molar-refractivity contribution in [2.75, 3.05) is 11.4 Å². The van der Waals surface area contributed by atoms with Crippen molar-refractivity contribution in [2.45, 2.75) is 26.3 Å². The van der Waals surface area contributed by atoms with Gasteiger partial charge in [0, 0.05) is 9.26 Å². The summed E-state index contributed by atoms with van der Waals surface area (Å²) in [7, 11) is 0. The topological polar surface area (TPSA) is 49.4 Å². The highest BCUT2D eigenvalue weighted by Crippen LogP contribution is 2.27. The number of nitrogens with one attached hydrogen (secondary N) is 1. The molecular formula is C13H15IN2O2. The van der Waals surface area contributed by atoms with Crippen molar-refractivity contribution in [1.82, 2.24) is 5.32 Å². The molecule has 1 aliphatic rings. The zero-order valence-corrected chi connectivity index (χ0v) is 12.7. The Morgan fingerprint density at radius 3 is 2.67 bits per heavy atom. The van der Waals surface area contributed by atoms with Gasteiger partial charge in [-0.1, -0.05) is 6.07 Å². The lowest BCUT2D eigenvalue weighted by Gasteiger charge is -2.38. The van der Waals surface area contributed by atoms with Crippen molar-refractivity contribution in [3.8, 4) is 0 Å². The number of nitrogens with zero attached hydrogens (tertiary/aromatic N) is 1. The Labute approximate surface area is 120 Å². The number of piperazine rings is 1. The highest BCUT2D eigenvalue weighted by atomic mass is 127. The first-order chi connectivity index (χ1) is 8.33. The number of hydrogen-bond donors (Lipinski definition) is 1. The molecule has 2 amide bonds. The van der Waals surface area contributed by atoms with Crippen LogP contribution in [0.3, 0.4) is 0 Å². The first kappa shape index (κ1) is 13.3. The van der Waals surface area contributed by atoms with Crippen LogP contribution in [-0.4, -0.2) is 23.9 Å². The molecule has 0 radical (unpaired) electrons. The third-order valence-corrected chi connectivity index (χ3v) is 4.23. The average Bonchev–Trinajstić information content (AvgIpc) is 2.27. The number of rotatable bonds is 1. The molecule has 4 nitrogen and oxygen atoms in total. The Balaban J connectivity index is 2.46. The van der Waals surface area contributed by atoms with Gasteiger partial charge in [0.05, 0.1) is 0 Å². The van der Waals surface area contributed by atoms with Crippen molar-refractivity contribution in [3.63, 3.8) is 0 Å². The van der Waals surface area contributed by atoms with Crippen molar-refractivity contribution in [2.24, 2.45) is 0 Å². The van der Waals surface area contributed by atoms with Crippen molar-refractivity contribution >= 4 is 40.1 Å². The first-order valence-electron chi connectivity index (χ1n) is 5.71. The molecule has 1 aromatic rings. The number of halogens is 1. The third-order valence-electron chi connectivity index (χ3n) is 3.06. The molecule has 0 aromatic heterocycles. The van der Waals surface area contributed by atoms with Gasteiger partial charge in [0.15, 0.2) is 0 Å². The monoisotopic (exact) mass is 358 g/mol. The Morgan fingerprint density at radius 1 is 1.33 bits per heavy atom. The molecule has 0 aliphatic carbocycles. The van der Waals surface area contributed by atoms with E-state index in [-0.39, 0.29) is 18.4 Å². The predicted octanol–water partition coefficient (Wildman–Crippen LogP) is 1.84. The van der Waals surface area contributed by atoms with E-state index in [9.17, 15) is 9.59 Å². The van der Waals surface area contributed by atoms with Crippen LogP contribution in [0, 0.1) is 10.5 Å². The maximum absolute atomic E-state index is 12.4. The van der Waals surface area contributed by atoms with Gasteiger partial charge in [-0.3, -0.25) is 9.59 Å². The maximum Gasteiger partial charge on any atom is 0.252 e. The molecule has 1 saturated heterocycles. The van der Waals surface area contributed by atoms with E-state index in [0.717, 1.165) is 14.8 Å². The van der Waals surface area contributed by atoms with Crippen LogP contribution in [0.5, 0.6) is 0 Å². The smallest absolute Gasteiger partial charge is 0.252 e. The Morgan fingerprint density at radius 2 is 2.00 bits per heavy atom. The SMILES string of the molecule is Cc1c(I)cccc1N1CC(=O)NC(C)(C)C1=O. The van der Waals surface area contributed by atoms with Gasteiger partial charge in [0.1, 0.15) is 12.1 Å². The van der Waals surface area contributed by atoms with Gasteiger partial charge in [0.25, 0.3) is 5.91 Å². The van der Waals surface area contributed by atoms with Crippen molar-refractivity contribution in [3.05, 3.63) is 27.3 Å². The van der Waals surface area contributed by atoms with E-state index in [1.54, 1.807) is 18.7 Å². The molecule has 1 N–H and O–H groups in total. The summed E-state index contributed by atoms with van der Waals surface area (Å²) < 4.78 is 1.08. The molecule has 1 heterocycles. The van der Waals surface area contributed by atoms with Crippen LogP contribution < -0.4 is 10.2 Å². The van der Waals surface area contributed by atoms with E-state index in [1.165, 1.54) is 0 Å². The Bertz CT molecular complexity index is 526.